The van der Waals surface area contributed by atoms with Gasteiger partial charge in [0.2, 0.25) is 0 Å². The third-order valence-corrected chi connectivity index (χ3v) is 8.22. The Morgan fingerprint density at radius 3 is 2.50 bits per heavy atom. The minimum Gasteiger partial charge on any atom is -0.466 e. The second-order valence-electron chi connectivity index (χ2n) is 5.15. The largest absolute Gasteiger partial charge is 0.466 e. The van der Waals surface area contributed by atoms with E-state index in [0.29, 0.717) is 5.54 Å². The van der Waals surface area contributed by atoms with E-state index in [4.69, 9.17) is 0 Å². The monoisotopic (exact) mass is 262 g/mol. The molecule has 1 atom stereocenters. The van der Waals surface area contributed by atoms with Crippen LogP contribution >= 0.6 is 0 Å². The van der Waals surface area contributed by atoms with Crippen LogP contribution in [0.2, 0.25) is 18.6 Å². The molecule has 1 aromatic carbocycles. The zero-order valence-corrected chi connectivity index (χ0v) is 12.6. The van der Waals surface area contributed by atoms with Crippen LogP contribution in [0.15, 0.2) is 42.5 Å². The molecule has 0 N–H and O–H groups in total. The minimum absolute atomic E-state index is 0.276. The molecule has 0 radical (unpaired) electrons. The summed E-state index contributed by atoms with van der Waals surface area (Å²) in [5, 5.41) is 1.46. The number of hydrogen-bond acceptors (Lipinski definition) is 2. The van der Waals surface area contributed by atoms with Gasteiger partial charge in [-0.05, 0) is 12.0 Å². The van der Waals surface area contributed by atoms with Gasteiger partial charge >= 0.3 is 5.97 Å². The van der Waals surface area contributed by atoms with Gasteiger partial charge in [-0.2, -0.15) is 0 Å². The number of hydrogen-bond donors (Lipinski definition) is 0. The number of rotatable bonds is 5. The Bertz CT molecular complexity index is 410. The Labute approximate surface area is 111 Å². The molecule has 0 aromatic heterocycles. The van der Waals surface area contributed by atoms with E-state index in [9.17, 15) is 4.79 Å². The molecule has 0 spiro atoms. The first-order valence-electron chi connectivity index (χ1n) is 6.28. The van der Waals surface area contributed by atoms with Crippen LogP contribution in [0.4, 0.5) is 0 Å². The molecule has 0 bridgehead atoms. The molecule has 0 amide bonds. The van der Waals surface area contributed by atoms with E-state index < -0.39 is 8.07 Å². The van der Waals surface area contributed by atoms with Crippen LogP contribution in [0, 0.1) is 0 Å². The quantitative estimate of drug-likeness (QED) is 0.463. The molecule has 0 aliphatic carbocycles. The molecule has 0 saturated carbocycles. The average Bonchev–Trinajstić information content (AvgIpc) is 2.39. The molecule has 1 rings (SSSR count). The van der Waals surface area contributed by atoms with Crippen molar-refractivity contribution in [2.75, 3.05) is 7.11 Å². The number of methoxy groups -OCH3 is 1. The summed E-state index contributed by atoms with van der Waals surface area (Å²) in [6.45, 7) is 7.01. The maximum absolute atomic E-state index is 11.0. The maximum Gasteiger partial charge on any atom is 0.330 e. The standard InChI is InChI=1S/C15H22O2Si/c1-13(9-8-12-15(16)17-2)18(3,4)14-10-6-5-7-11-14/h5-8,10-13H,9H2,1-4H3/b12-8+. The average molecular weight is 262 g/mol. The summed E-state index contributed by atoms with van der Waals surface area (Å²) in [4.78, 5) is 11.0. The van der Waals surface area contributed by atoms with Crippen LogP contribution < -0.4 is 5.19 Å². The van der Waals surface area contributed by atoms with Gasteiger partial charge in [0, 0.05) is 6.08 Å². The molecule has 0 saturated heterocycles. The van der Waals surface area contributed by atoms with Crippen molar-refractivity contribution >= 4 is 19.2 Å². The van der Waals surface area contributed by atoms with Crippen molar-refractivity contribution in [1.82, 2.24) is 0 Å². The first-order valence-corrected chi connectivity index (χ1v) is 9.36. The number of esters is 1. The van der Waals surface area contributed by atoms with Crippen molar-refractivity contribution < 1.29 is 9.53 Å². The lowest BCUT2D eigenvalue weighted by Crippen LogP contribution is -2.44. The zero-order valence-electron chi connectivity index (χ0n) is 11.6. The molecule has 0 fully saturated rings. The third kappa shape index (κ3) is 3.84. The van der Waals surface area contributed by atoms with Crippen LogP contribution in [-0.4, -0.2) is 21.2 Å². The summed E-state index contributed by atoms with van der Waals surface area (Å²) in [6, 6.07) is 10.7. The zero-order chi connectivity index (χ0) is 13.6. The predicted octanol–water partition coefficient (Wildman–Crippen LogP) is 3.11. The molecule has 0 aliphatic heterocycles. The molecule has 18 heavy (non-hydrogen) atoms. The van der Waals surface area contributed by atoms with E-state index in [0.717, 1.165) is 6.42 Å². The molecular weight excluding hydrogens is 240 g/mol. The van der Waals surface area contributed by atoms with Crippen LogP contribution in [0.1, 0.15) is 13.3 Å². The van der Waals surface area contributed by atoms with Crippen LogP contribution in [-0.2, 0) is 9.53 Å². The highest BCUT2D eigenvalue weighted by Gasteiger charge is 2.29. The Kier molecular flexibility index (Phi) is 5.35. The summed E-state index contributed by atoms with van der Waals surface area (Å²) >= 11 is 0. The fraction of sp³-hybridized carbons (Fsp3) is 0.400. The van der Waals surface area contributed by atoms with Crippen molar-refractivity contribution in [2.24, 2.45) is 0 Å². The van der Waals surface area contributed by atoms with Gasteiger partial charge < -0.3 is 4.74 Å². The lowest BCUT2D eigenvalue weighted by molar-refractivity contribution is -0.134. The van der Waals surface area contributed by atoms with Crippen molar-refractivity contribution in [3.8, 4) is 0 Å². The summed E-state index contributed by atoms with van der Waals surface area (Å²) in [6.07, 6.45) is 4.36. The molecule has 2 nitrogen and oxygen atoms in total. The number of carbonyl (C=O) groups excluding carboxylic acids is 1. The first kappa shape index (κ1) is 14.7. The molecule has 3 heteroatoms. The van der Waals surface area contributed by atoms with Gasteiger partial charge in [0.05, 0.1) is 15.2 Å². The summed E-state index contributed by atoms with van der Waals surface area (Å²) in [5.41, 5.74) is 0.584. The number of benzene rings is 1. The highest BCUT2D eigenvalue weighted by molar-refractivity contribution is 6.90. The fourth-order valence-electron chi connectivity index (χ4n) is 1.88. The topological polar surface area (TPSA) is 26.3 Å². The van der Waals surface area contributed by atoms with Crippen molar-refractivity contribution in [1.29, 1.82) is 0 Å². The van der Waals surface area contributed by atoms with Gasteiger partial charge in [-0.15, -0.1) is 0 Å². The molecule has 1 aromatic rings. The molecule has 98 valence electrons. The SMILES string of the molecule is COC(=O)/C=C/CC(C)[Si](C)(C)c1ccccc1. The van der Waals surface area contributed by atoms with E-state index >= 15 is 0 Å². The smallest absolute Gasteiger partial charge is 0.330 e. The fourth-order valence-corrected chi connectivity index (χ4v) is 4.23. The summed E-state index contributed by atoms with van der Waals surface area (Å²) in [5.74, 6) is -0.276. The lowest BCUT2D eigenvalue weighted by Gasteiger charge is -2.29. The van der Waals surface area contributed by atoms with Crippen molar-refractivity contribution in [3.63, 3.8) is 0 Å². The van der Waals surface area contributed by atoms with Crippen LogP contribution in [0.5, 0.6) is 0 Å². The van der Waals surface area contributed by atoms with E-state index in [1.54, 1.807) is 0 Å². The molecule has 0 heterocycles. The van der Waals surface area contributed by atoms with Gasteiger partial charge in [0.15, 0.2) is 0 Å². The molecular formula is C15H22O2Si. The van der Waals surface area contributed by atoms with Gasteiger partial charge in [-0.3, -0.25) is 0 Å². The Morgan fingerprint density at radius 2 is 1.94 bits per heavy atom. The highest BCUT2D eigenvalue weighted by atomic mass is 28.3. The highest BCUT2D eigenvalue weighted by Crippen LogP contribution is 2.25. The molecule has 1 unspecified atom stereocenters. The van der Waals surface area contributed by atoms with Crippen LogP contribution in [0.25, 0.3) is 0 Å². The van der Waals surface area contributed by atoms with E-state index in [2.05, 4.69) is 55.1 Å². The Balaban J connectivity index is 2.68. The maximum atomic E-state index is 11.0. The third-order valence-electron chi connectivity index (χ3n) is 3.69. The Hall–Kier alpha value is -1.35. The normalized spacial score (nSPS) is 13.6. The number of carbonyl (C=O) groups is 1. The Morgan fingerprint density at radius 1 is 1.33 bits per heavy atom. The first-order chi connectivity index (χ1) is 8.48. The van der Waals surface area contributed by atoms with Gasteiger partial charge in [-0.1, -0.05) is 61.6 Å². The van der Waals surface area contributed by atoms with E-state index in [1.165, 1.54) is 18.4 Å². The van der Waals surface area contributed by atoms with Gasteiger partial charge in [0.25, 0.3) is 0 Å². The van der Waals surface area contributed by atoms with Crippen molar-refractivity contribution in [3.05, 3.63) is 42.5 Å². The van der Waals surface area contributed by atoms with E-state index in [-0.39, 0.29) is 5.97 Å². The number of ether oxygens (including phenoxy) is 1. The van der Waals surface area contributed by atoms with Crippen molar-refractivity contribution in [2.45, 2.75) is 32.0 Å². The predicted molar refractivity (Wildman–Crippen MR) is 78.8 cm³/mol. The summed E-state index contributed by atoms with van der Waals surface area (Å²) < 4.78 is 4.59. The second kappa shape index (κ2) is 6.54. The molecule has 0 aliphatic rings. The summed E-state index contributed by atoms with van der Waals surface area (Å²) in [7, 11) is -0.0668. The van der Waals surface area contributed by atoms with Gasteiger partial charge in [-0.25, -0.2) is 4.79 Å². The van der Waals surface area contributed by atoms with Gasteiger partial charge in [0.1, 0.15) is 0 Å². The van der Waals surface area contributed by atoms with E-state index in [1.807, 2.05) is 6.08 Å². The second-order valence-corrected chi connectivity index (χ2v) is 10.2. The number of allylic oxidation sites excluding steroid dienone is 1. The lowest BCUT2D eigenvalue weighted by atomic mass is 10.3. The van der Waals surface area contributed by atoms with Crippen LogP contribution in [0.3, 0.4) is 0 Å². The minimum atomic E-state index is -1.47.